The molecule has 0 aliphatic carbocycles. The molecule has 16 heavy (non-hydrogen) atoms. The first-order valence-electron chi connectivity index (χ1n) is 5.39. The van der Waals surface area contributed by atoms with E-state index in [-0.39, 0.29) is 11.8 Å². The topological polar surface area (TPSA) is 64.4 Å². The number of carbonyl (C=O) groups excluding carboxylic acids is 1. The lowest BCUT2D eigenvalue weighted by atomic mass is 10.1. The summed E-state index contributed by atoms with van der Waals surface area (Å²) in [5, 5.41) is 0. The minimum Gasteiger partial charge on any atom is -0.330 e. The molecule has 1 amide bonds. The van der Waals surface area contributed by atoms with Crippen LogP contribution in [0.2, 0.25) is 0 Å². The largest absolute Gasteiger partial charge is 0.330 e. The van der Waals surface area contributed by atoms with E-state index >= 15 is 0 Å². The Morgan fingerprint density at radius 3 is 2.75 bits per heavy atom. The van der Waals surface area contributed by atoms with E-state index in [0.717, 1.165) is 5.56 Å². The number of nitrogens with one attached hydrogen (secondary N) is 1. The molecule has 0 radical (unpaired) electrons. The van der Waals surface area contributed by atoms with Gasteiger partial charge in [0, 0.05) is 5.92 Å². The van der Waals surface area contributed by atoms with Crippen LogP contribution in [0.5, 0.6) is 0 Å². The quantitative estimate of drug-likeness (QED) is 0.711. The summed E-state index contributed by atoms with van der Waals surface area (Å²) in [5.41, 5.74) is 8.81. The summed E-state index contributed by atoms with van der Waals surface area (Å²) in [4.78, 5) is 16.5. The van der Waals surface area contributed by atoms with E-state index in [2.05, 4.69) is 5.48 Å². The van der Waals surface area contributed by atoms with Crippen LogP contribution in [-0.4, -0.2) is 12.5 Å². The Balaban J connectivity index is 2.23. The van der Waals surface area contributed by atoms with Crippen LogP contribution in [0.4, 0.5) is 0 Å². The second kappa shape index (κ2) is 6.98. The first kappa shape index (κ1) is 12.7. The highest BCUT2D eigenvalue weighted by molar-refractivity contribution is 5.77. The number of nitrogens with two attached hydrogens (primary N) is 1. The fraction of sp³-hybridized carbons (Fsp3) is 0.417. The lowest BCUT2D eigenvalue weighted by Crippen LogP contribution is -2.30. The fourth-order valence-corrected chi connectivity index (χ4v) is 1.25. The molecule has 0 aromatic heterocycles. The van der Waals surface area contributed by atoms with Gasteiger partial charge in [-0.3, -0.25) is 9.63 Å². The summed E-state index contributed by atoms with van der Waals surface area (Å²) in [6.45, 7) is 2.71. The molecule has 0 saturated carbocycles. The van der Waals surface area contributed by atoms with Crippen molar-refractivity contribution in [3.05, 3.63) is 35.9 Å². The third-order valence-corrected chi connectivity index (χ3v) is 2.30. The summed E-state index contributed by atoms with van der Waals surface area (Å²) in [6, 6.07) is 9.67. The molecule has 4 heteroatoms. The molecule has 1 unspecified atom stereocenters. The van der Waals surface area contributed by atoms with E-state index in [0.29, 0.717) is 19.6 Å². The van der Waals surface area contributed by atoms with Crippen LogP contribution >= 0.6 is 0 Å². The predicted octanol–water partition coefficient (Wildman–Crippen LogP) is 1.22. The van der Waals surface area contributed by atoms with E-state index in [9.17, 15) is 4.79 Å². The molecule has 0 aliphatic rings. The highest BCUT2D eigenvalue weighted by Gasteiger charge is 2.11. The number of benzene rings is 1. The van der Waals surface area contributed by atoms with Crippen molar-refractivity contribution >= 4 is 5.91 Å². The van der Waals surface area contributed by atoms with Crippen molar-refractivity contribution in [3.63, 3.8) is 0 Å². The van der Waals surface area contributed by atoms with Gasteiger partial charge >= 0.3 is 0 Å². The van der Waals surface area contributed by atoms with Gasteiger partial charge in [-0.1, -0.05) is 37.3 Å². The van der Waals surface area contributed by atoms with Gasteiger partial charge in [-0.25, -0.2) is 5.48 Å². The molecular weight excluding hydrogens is 204 g/mol. The number of hydrogen-bond acceptors (Lipinski definition) is 3. The Labute approximate surface area is 95.7 Å². The lowest BCUT2D eigenvalue weighted by molar-refractivity contribution is -0.138. The molecule has 3 N–H and O–H groups in total. The van der Waals surface area contributed by atoms with Gasteiger partial charge in [0.25, 0.3) is 0 Å². The molecule has 0 spiro atoms. The van der Waals surface area contributed by atoms with E-state index in [4.69, 9.17) is 10.6 Å². The zero-order chi connectivity index (χ0) is 11.8. The Morgan fingerprint density at radius 2 is 2.12 bits per heavy atom. The third-order valence-electron chi connectivity index (χ3n) is 2.30. The average molecular weight is 222 g/mol. The lowest BCUT2D eigenvalue weighted by Gasteiger charge is -2.10. The zero-order valence-electron chi connectivity index (χ0n) is 9.48. The van der Waals surface area contributed by atoms with Crippen LogP contribution in [0.15, 0.2) is 30.3 Å². The third kappa shape index (κ3) is 4.42. The van der Waals surface area contributed by atoms with Crippen LogP contribution in [0, 0.1) is 5.92 Å². The van der Waals surface area contributed by atoms with Gasteiger partial charge in [-0.15, -0.1) is 0 Å². The van der Waals surface area contributed by atoms with Gasteiger partial charge in [0.1, 0.15) is 0 Å². The molecule has 4 nitrogen and oxygen atoms in total. The minimum absolute atomic E-state index is 0.110. The molecule has 1 aromatic carbocycles. The average Bonchev–Trinajstić information content (AvgIpc) is 2.30. The summed E-state index contributed by atoms with van der Waals surface area (Å²) in [7, 11) is 0. The maximum atomic E-state index is 11.4. The molecule has 1 aromatic rings. The van der Waals surface area contributed by atoms with Crippen molar-refractivity contribution in [2.45, 2.75) is 20.0 Å². The SMILES string of the molecule is CC(CCN)C(=O)NOCc1ccccc1. The molecule has 0 bridgehead atoms. The monoisotopic (exact) mass is 222 g/mol. The second-order valence-electron chi connectivity index (χ2n) is 3.72. The second-order valence-corrected chi connectivity index (χ2v) is 3.72. The molecule has 0 saturated heterocycles. The number of hydroxylamine groups is 1. The van der Waals surface area contributed by atoms with Gasteiger partial charge in [0.15, 0.2) is 0 Å². The summed E-state index contributed by atoms with van der Waals surface area (Å²) in [5.74, 6) is -0.234. The van der Waals surface area contributed by atoms with Gasteiger partial charge in [0.05, 0.1) is 6.61 Å². The molecule has 1 rings (SSSR count). The molecule has 0 heterocycles. The Kier molecular flexibility index (Phi) is 5.53. The first-order valence-corrected chi connectivity index (χ1v) is 5.39. The van der Waals surface area contributed by atoms with Crippen molar-refractivity contribution in [1.29, 1.82) is 0 Å². The van der Waals surface area contributed by atoms with Gasteiger partial charge in [-0.2, -0.15) is 0 Å². The minimum atomic E-state index is -0.124. The van der Waals surface area contributed by atoms with Crippen molar-refractivity contribution in [2.75, 3.05) is 6.54 Å². The molecule has 1 atom stereocenters. The first-order chi connectivity index (χ1) is 7.74. The highest BCUT2D eigenvalue weighted by Crippen LogP contribution is 2.02. The van der Waals surface area contributed by atoms with Crippen molar-refractivity contribution in [1.82, 2.24) is 5.48 Å². The van der Waals surface area contributed by atoms with E-state index in [1.165, 1.54) is 0 Å². The van der Waals surface area contributed by atoms with E-state index in [1.807, 2.05) is 37.3 Å². The Morgan fingerprint density at radius 1 is 1.44 bits per heavy atom. The standard InChI is InChI=1S/C12H18N2O2/c1-10(7-8-13)12(15)14-16-9-11-5-3-2-4-6-11/h2-6,10H,7-9,13H2,1H3,(H,14,15). The Hall–Kier alpha value is -1.39. The van der Waals surface area contributed by atoms with Crippen LogP contribution < -0.4 is 11.2 Å². The number of amides is 1. The van der Waals surface area contributed by atoms with Crippen molar-refractivity contribution < 1.29 is 9.63 Å². The molecular formula is C12H18N2O2. The van der Waals surface area contributed by atoms with Gasteiger partial charge < -0.3 is 5.73 Å². The number of hydrogen-bond donors (Lipinski definition) is 2. The zero-order valence-corrected chi connectivity index (χ0v) is 9.48. The van der Waals surface area contributed by atoms with Crippen LogP contribution in [0.3, 0.4) is 0 Å². The summed E-state index contributed by atoms with van der Waals surface area (Å²) in [6.07, 6.45) is 0.667. The van der Waals surface area contributed by atoms with Gasteiger partial charge in [-0.05, 0) is 18.5 Å². The molecule has 0 aliphatic heterocycles. The smallest absolute Gasteiger partial charge is 0.246 e. The maximum absolute atomic E-state index is 11.4. The highest BCUT2D eigenvalue weighted by atomic mass is 16.6. The number of rotatable bonds is 6. The van der Waals surface area contributed by atoms with Crippen LogP contribution in [0.1, 0.15) is 18.9 Å². The molecule has 88 valence electrons. The fourth-order valence-electron chi connectivity index (χ4n) is 1.25. The van der Waals surface area contributed by atoms with Crippen molar-refractivity contribution in [2.24, 2.45) is 11.7 Å². The predicted molar refractivity (Wildman–Crippen MR) is 62.2 cm³/mol. The van der Waals surface area contributed by atoms with Crippen LogP contribution in [-0.2, 0) is 16.2 Å². The van der Waals surface area contributed by atoms with Gasteiger partial charge in [0.2, 0.25) is 5.91 Å². The van der Waals surface area contributed by atoms with E-state index in [1.54, 1.807) is 0 Å². The Bertz CT molecular complexity index is 314. The van der Waals surface area contributed by atoms with Crippen molar-refractivity contribution in [3.8, 4) is 0 Å². The van der Waals surface area contributed by atoms with E-state index < -0.39 is 0 Å². The molecule has 0 fully saturated rings. The summed E-state index contributed by atoms with van der Waals surface area (Å²) < 4.78 is 0. The normalized spacial score (nSPS) is 12.1. The van der Waals surface area contributed by atoms with Crippen LogP contribution in [0.25, 0.3) is 0 Å². The summed E-state index contributed by atoms with van der Waals surface area (Å²) >= 11 is 0. The number of carbonyl (C=O) groups is 1. The maximum Gasteiger partial charge on any atom is 0.246 e.